The number of pyridine rings is 1. The fraction of sp³-hybridized carbons (Fsp3) is 0.471. The molecule has 1 saturated carbocycles. The third kappa shape index (κ3) is 3.58. The van der Waals surface area contributed by atoms with Crippen LogP contribution in [0.2, 0.25) is 0 Å². The largest absolute Gasteiger partial charge is 0.250 e. The van der Waals surface area contributed by atoms with Gasteiger partial charge in [-0.1, -0.05) is 17.4 Å². The van der Waals surface area contributed by atoms with Crippen LogP contribution in [-0.4, -0.2) is 35.0 Å². The monoisotopic (exact) mass is 449 g/mol. The highest BCUT2D eigenvalue weighted by molar-refractivity contribution is 14.1. The second-order valence-corrected chi connectivity index (χ2v) is 7.70. The van der Waals surface area contributed by atoms with Crippen LogP contribution in [0, 0.1) is 9.49 Å². The van der Waals surface area contributed by atoms with Crippen molar-refractivity contribution >= 4 is 22.6 Å². The Kier molecular flexibility index (Phi) is 4.53. The Balaban J connectivity index is 1.62. The molecule has 3 heterocycles. The highest BCUT2D eigenvalue weighted by Gasteiger charge is 2.23. The lowest BCUT2D eigenvalue weighted by atomic mass is 10.2. The van der Waals surface area contributed by atoms with Crippen molar-refractivity contribution in [2.75, 3.05) is 0 Å². The third-order valence-electron chi connectivity index (χ3n) is 4.53. The van der Waals surface area contributed by atoms with E-state index in [0.29, 0.717) is 6.54 Å². The summed E-state index contributed by atoms with van der Waals surface area (Å²) in [6.45, 7) is 2.70. The van der Waals surface area contributed by atoms with Crippen LogP contribution in [0.5, 0.6) is 0 Å². The van der Waals surface area contributed by atoms with E-state index < -0.39 is 0 Å². The molecule has 0 radical (unpaired) electrons. The molecule has 0 N–H and O–H groups in total. The molecule has 0 amide bonds. The van der Waals surface area contributed by atoms with Crippen molar-refractivity contribution < 1.29 is 0 Å². The van der Waals surface area contributed by atoms with Gasteiger partial charge in [0.25, 0.3) is 0 Å². The first-order valence-electron chi connectivity index (χ1n) is 8.57. The van der Waals surface area contributed by atoms with Gasteiger partial charge in [-0.3, -0.25) is 0 Å². The van der Waals surface area contributed by atoms with Crippen molar-refractivity contribution in [1.29, 1.82) is 0 Å². The smallest absolute Gasteiger partial charge is 0.136 e. The van der Waals surface area contributed by atoms with Crippen molar-refractivity contribution in [2.45, 2.75) is 39.2 Å². The number of halogens is 1. The van der Waals surface area contributed by atoms with Gasteiger partial charge in [-0.15, -0.1) is 10.2 Å². The van der Waals surface area contributed by atoms with Gasteiger partial charge >= 0.3 is 0 Å². The highest BCUT2D eigenvalue weighted by atomic mass is 127. The molecule has 1 aliphatic rings. The van der Waals surface area contributed by atoms with E-state index in [1.807, 2.05) is 24.0 Å². The zero-order valence-corrected chi connectivity index (χ0v) is 16.5. The molecule has 0 aliphatic heterocycles. The standard InChI is InChI=1S/C17H20IN7/c1-3-14-13(18)6-7-15(19-14)17-16(24(2)22-21-17)10-25-9-12(20-23-25)8-11-4-5-11/h6-7,9,11H,3-5,8,10H2,1-2H3. The molecule has 0 aromatic carbocycles. The average molecular weight is 449 g/mol. The third-order valence-corrected chi connectivity index (χ3v) is 5.51. The Labute approximate surface area is 160 Å². The van der Waals surface area contributed by atoms with Crippen molar-refractivity contribution in [2.24, 2.45) is 13.0 Å². The van der Waals surface area contributed by atoms with Crippen molar-refractivity contribution in [3.05, 3.63) is 39.0 Å². The van der Waals surface area contributed by atoms with Gasteiger partial charge < -0.3 is 0 Å². The second kappa shape index (κ2) is 6.81. The van der Waals surface area contributed by atoms with E-state index in [1.165, 1.54) is 16.4 Å². The van der Waals surface area contributed by atoms with Gasteiger partial charge in [-0.2, -0.15) is 0 Å². The summed E-state index contributed by atoms with van der Waals surface area (Å²) in [5.41, 5.74) is 4.81. The minimum Gasteiger partial charge on any atom is -0.250 e. The summed E-state index contributed by atoms with van der Waals surface area (Å²) in [6, 6.07) is 4.09. The maximum absolute atomic E-state index is 4.76. The molecule has 1 fully saturated rings. The fourth-order valence-electron chi connectivity index (χ4n) is 2.90. The number of nitrogens with zero attached hydrogens (tertiary/aromatic N) is 7. The summed E-state index contributed by atoms with van der Waals surface area (Å²) >= 11 is 2.32. The Morgan fingerprint density at radius 3 is 2.80 bits per heavy atom. The molecule has 4 rings (SSSR count). The normalized spacial score (nSPS) is 14.2. The van der Waals surface area contributed by atoms with E-state index in [9.17, 15) is 0 Å². The first-order chi connectivity index (χ1) is 12.1. The van der Waals surface area contributed by atoms with Crippen molar-refractivity contribution in [1.82, 2.24) is 35.0 Å². The van der Waals surface area contributed by atoms with Gasteiger partial charge in [0.05, 0.1) is 29.3 Å². The summed E-state index contributed by atoms with van der Waals surface area (Å²) in [6.07, 6.45) is 6.61. The maximum Gasteiger partial charge on any atom is 0.136 e. The van der Waals surface area contributed by atoms with E-state index in [4.69, 9.17) is 4.98 Å². The van der Waals surface area contributed by atoms with Gasteiger partial charge in [-0.05, 0) is 66.3 Å². The second-order valence-electron chi connectivity index (χ2n) is 6.54. The van der Waals surface area contributed by atoms with Crippen LogP contribution in [0.1, 0.15) is 36.8 Å². The number of rotatable bonds is 6. The summed E-state index contributed by atoms with van der Waals surface area (Å²) in [4.78, 5) is 4.76. The first kappa shape index (κ1) is 16.6. The lowest BCUT2D eigenvalue weighted by Crippen LogP contribution is -2.08. The summed E-state index contributed by atoms with van der Waals surface area (Å²) < 4.78 is 4.84. The molecule has 0 bridgehead atoms. The minimum atomic E-state index is 0.589. The molecule has 7 nitrogen and oxygen atoms in total. The van der Waals surface area contributed by atoms with Gasteiger partial charge in [0.15, 0.2) is 0 Å². The summed E-state index contributed by atoms with van der Waals surface area (Å²) in [5.74, 6) is 0.808. The van der Waals surface area contributed by atoms with E-state index in [2.05, 4.69) is 56.2 Å². The van der Waals surface area contributed by atoms with Crippen LogP contribution in [0.15, 0.2) is 18.3 Å². The van der Waals surface area contributed by atoms with Gasteiger partial charge in [0, 0.05) is 16.8 Å². The zero-order chi connectivity index (χ0) is 17.4. The van der Waals surface area contributed by atoms with Crippen molar-refractivity contribution in [3.8, 4) is 11.4 Å². The van der Waals surface area contributed by atoms with E-state index in [-0.39, 0.29) is 0 Å². The Hall–Kier alpha value is -1.84. The number of aromatic nitrogens is 7. The van der Waals surface area contributed by atoms with Crippen LogP contribution in [0.3, 0.4) is 0 Å². The Morgan fingerprint density at radius 2 is 2.04 bits per heavy atom. The number of hydrogen-bond acceptors (Lipinski definition) is 5. The van der Waals surface area contributed by atoms with Gasteiger partial charge in [0.2, 0.25) is 0 Å². The summed E-state index contributed by atoms with van der Waals surface area (Å²) in [5, 5.41) is 17.1. The topological polar surface area (TPSA) is 74.3 Å². The molecule has 1 aliphatic carbocycles. The lowest BCUT2D eigenvalue weighted by Gasteiger charge is -2.06. The minimum absolute atomic E-state index is 0.589. The molecule has 0 saturated heterocycles. The van der Waals surface area contributed by atoms with Crippen LogP contribution in [0.25, 0.3) is 11.4 Å². The lowest BCUT2D eigenvalue weighted by molar-refractivity contribution is 0.594. The number of aryl methyl sites for hydroxylation is 2. The van der Waals surface area contributed by atoms with Crippen LogP contribution < -0.4 is 0 Å². The number of hydrogen-bond donors (Lipinski definition) is 0. The molecular formula is C17H20IN7. The quantitative estimate of drug-likeness (QED) is 0.541. The zero-order valence-electron chi connectivity index (χ0n) is 14.4. The first-order valence-corrected chi connectivity index (χ1v) is 9.65. The van der Waals surface area contributed by atoms with Crippen molar-refractivity contribution in [3.63, 3.8) is 0 Å². The van der Waals surface area contributed by atoms with E-state index in [0.717, 1.165) is 47.2 Å². The molecule has 3 aromatic heterocycles. The van der Waals surface area contributed by atoms with E-state index in [1.54, 1.807) is 4.68 Å². The maximum atomic E-state index is 4.76. The van der Waals surface area contributed by atoms with Crippen LogP contribution in [-0.2, 0) is 26.4 Å². The molecule has 3 aromatic rings. The molecule has 130 valence electrons. The molecule has 0 spiro atoms. The van der Waals surface area contributed by atoms with E-state index >= 15 is 0 Å². The molecule has 0 unspecified atom stereocenters. The predicted octanol–water partition coefficient (Wildman–Crippen LogP) is 2.64. The predicted molar refractivity (Wildman–Crippen MR) is 102 cm³/mol. The summed E-state index contributed by atoms with van der Waals surface area (Å²) in [7, 11) is 1.90. The van der Waals surface area contributed by atoms with Gasteiger partial charge in [-0.25, -0.2) is 14.3 Å². The Bertz CT molecular complexity index is 894. The fourth-order valence-corrected chi connectivity index (χ4v) is 3.58. The average Bonchev–Trinajstić information content (AvgIpc) is 3.20. The molecular weight excluding hydrogens is 429 g/mol. The molecule has 8 heteroatoms. The highest BCUT2D eigenvalue weighted by Crippen LogP contribution is 2.32. The molecule has 25 heavy (non-hydrogen) atoms. The molecule has 0 atom stereocenters. The SMILES string of the molecule is CCc1nc(-c2nnn(C)c2Cn2cc(CC3CC3)nn2)ccc1I. The Morgan fingerprint density at radius 1 is 1.20 bits per heavy atom. The van der Waals surface area contributed by atoms with Crippen LogP contribution >= 0.6 is 22.6 Å². The van der Waals surface area contributed by atoms with Crippen LogP contribution in [0.4, 0.5) is 0 Å². The van der Waals surface area contributed by atoms with Gasteiger partial charge in [0.1, 0.15) is 5.69 Å².